The van der Waals surface area contributed by atoms with Crippen molar-refractivity contribution in [2.45, 2.75) is 32.7 Å². The Balaban J connectivity index is 1.33. The number of carbonyl (C=O) groups excluding carboxylic acids is 2. The van der Waals surface area contributed by atoms with Gasteiger partial charge in [-0.05, 0) is 75.6 Å². The summed E-state index contributed by atoms with van der Waals surface area (Å²) in [6.45, 7) is 6.57. The Bertz CT molecular complexity index is 812. The van der Waals surface area contributed by atoms with Crippen LogP contribution in [0, 0.1) is 5.92 Å². The molecule has 160 valence electrons. The zero-order valence-electron chi connectivity index (χ0n) is 18.1. The fraction of sp³-hybridized carbons (Fsp3) is 0.440. The van der Waals surface area contributed by atoms with Crippen molar-refractivity contribution in [1.29, 1.82) is 0 Å². The van der Waals surface area contributed by atoms with E-state index in [0.29, 0.717) is 12.0 Å². The molecule has 3 rings (SSSR count). The van der Waals surface area contributed by atoms with Gasteiger partial charge in [0.2, 0.25) is 5.91 Å². The van der Waals surface area contributed by atoms with Gasteiger partial charge >= 0.3 is 0 Å². The number of anilines is 1. The quantitative estimate of drug-likeness (QED) is 0.637. The van der Waals surface area contributed by atoms with Crippen molar-refractivity contribution in [3.05, 3.63) is 65.7 Å². The van der Waals surface area contributed by atoms with Gasteiger partial charge in [-0.15, -0.1) is 0 Å². The first-order chi connectivity index (χ1) is 14.5. The minimum Gasteiger partial charge on any atom is -0.326 e. The smallest absolute Gasteiger partial charge is 0.225 e. The van der Waals surface area contributed by atoms with Crippen LogP contribution in [0.2, 0.25) is 0 Å². The molecule has 2 aromatic rings. The van der Waals surface area contributed by atoms with Gasteiger partial charge in [-0.1, -0.05) is 30.3 Å². The summed E-state index contributed by atoms with van der Waals surface area (Å²) < 4.78 is 0. The fourth-order valence-corrected chi connectivity index (χ4v) is 4.06. The second kappa shape index (κ2) is 11.0. The summed E-state index contributed by atoms with van der Waals surface area (Å²) in [5.41, 5.74) is 2.76. The molecule has 5 heteroatoms. The van der Waals surface area contributed by atoms with E-state index in [1.54, 1.807) is 24.3 Å². The molecular formula is C25H33N3O2. The molecule has 2 aromatic carbocycles. The van der Waals surface area contributed by atoms with Crippen LogP contribution in [0.5, 0.6) is 0 Å². The minimum absolute atomic E-state index is 0.0234. The third kappa shape index (κ3) is 7.08. The van der Waals surface area contributed by atoms with Crippen molar-refractivity contribution in [3.8, 4) is 0 Å². The lowest BCUT2D eigenvalue weighted by Crippen LogP contribution is -2.38. The fourth-order valence-electron chi connectivity index (χ4n) is 4.06. The molecule has 5 nitrogen and oxygen atoms in total. The van der Waals surface area contributed by atoms with Crippen molar-refractivity contribution in [3.63, 3.8) is 0 Å². The lowest BCUT2D eigenvalue weighted by atomic mass is 9.96. The summed E-state index contributed by atoms with van der Waals surface area (Å²) in [5, 5.41) is 2.92. The molecule has 0 aliphatic carbocycles. The maximum absolute atomic E-state index is 12.2. The molecule has 0 aromatic heterocycles. The molecule has 1 fully saturated rings. The van der Waals surface area contributed by atoms with Crippen molar-refractivity contribution >= 4 is 17.4 Å². The second-order valence-corrected chi connectivity index (χ2v) is 8.40. The molecule has 0 saturated carbocycles. The van der Waals surface area contributed by atoms with Crippen molar-refractivity contribution < 1.29 is 9.59 Å². The monoisotopic (exact) mass is 407 g/mol. The SMILES string of the molecule is CC(=O)c1ccc(NC(=O)CCN2CCC(CN(C)Cc3ccccc3)CC2)cc1. The van der Waals surface area contributed by atoms with E-state index in [-0.39, 0.29) is 11.7 Å². The van der Waals surface area contributed by atoms with Gasteiger partial charge in [0.1, 0.15) is 0 Å². The van der Waals surface area contributed by atoms with Gasteiger partial charge in [0.15, 0.2) is 5.78 Å². The molecule has 30 heavy (non-hydrogen) atoms. The Morgan fingerprint density at radius 2 is 1.70 bits per heavy atom. The summed E-state index contributed by atoms with van der Waals surface area (Å²) in [6, 6.07) is 17.7. The first-order valence-electron chi connectivity index (χ1n) is 10.9. The third-order valence-electron chi connectivity index (χ3n) is 5.80. The number of rotatable bonds is 9. The Labute approximate surface area is 180 Å². The minimum atomic E-state index is 0.0234. The van der Waals surface area contributed by atoms with Crippen LogP contribution in [0.3, 0.4) is 0 Å². The number of hydrogen-bond acceptors (Lipinski definition) is 4. The zero-order valence-corrected chi connectivity index (χ0v) is 18.1. The van der Waals surface area contributed by atoms with Crippen LogP contribution in [0.15, 0.2) is 54.6 Å². The molecular weight excluding hydrogens is 374 g/mol. The summed E-state index contributed by atoms with van der Waals surface area (Å²) in [6.07, 6.45) is 2.87. The van der Waals surface area contributed by atoms with E-state index in [9.17, 15) is 9.59 Å². The topological polar surface area (TPSA) is 52.7 Å². The lowest BCUT2D eigenvalue weighted by molar-refractivity contribution is -0.116. The molecule has 0 bridgehead atoms. The predicted octanol–water partition coefficient (Wildman–Crippen LogP) is 4.06. The van der Waals surface area contributed by atoms with Gasteiger partial charge in [-0.2, -0.15) is 0 Å². The van der Waals surface area contributed by atoms with E-state index in [4.69, 9.17) is 0 Å². The summed E-state index contributed by atoms with van der Waals surface area (Å²) in [4.78, 5) is 28.4. The van der Waals surface area contributed by atoms with E-state index in [1.165, 1.54) is 25.3 Å². The van der Waals surface area contributed by atoms with Gasteiger partial charge in [-0.25, -0.2) is 0 Å². The van der Waals surface area contributed by atoms with Crippen molar-refractivity contribution in [2.24, 2.45) is 5.92 Å². The van der Waals surface area contributed by atoms with E-state index in [2.05, 4.69) is 52.5 Å². The maximum Gasteiger partial charge on any atom is 0.225 e. The van der Waals surface area contributed by atoms with Gasteiger partial charge in [0.25, 0.3) is 0 Å². The molecule has 1 aliphatic heterocycles. The molecule has 1 N–H and O–H groups in total. The van der Waals surface area contributed by atoms with Crippen molar-refractivity contribution in [2.75, 3.05) is 38.5 Å². The van der Waals surface area contributed by atoms with Crippen LogP contribution >= 0.6 is 0 Å². The molecule has 0 unspecified atom stereocenters. The number of Topliss-reactive ketones (excluding diaryl/α,β-unsaturated/α-hetero) is 1. The normalized spacial score (nSPS) is 15.3. The average Bonchev–Trinajstić information content (AvgIpc) is 2.74. The summed E-state index contributed by atoms with van der Waals surface area (Å²) in [7, 11) is 2.20. The maximum atomic E-state index is 12.2. The van der Waals surface area contributed by atoms with E-state index >= 15 is 0 Å². The molecule has 0 spiro atoms. The first kappa shape index (κ1) is 22.2. The summed E-state index contributed by atoms with van der Waals surface area (Å²) >= 11 is 0. The third-order valence-corrected chi connectivity index (χ3v) is 5.80. The first-order valence-corrected chi connectivity index (χ1v) is 10.9. The highest BCUT2D eigenvalue weighted by Gasteiger charge is 2.20. The zero-order chi connectivity index (χ0) is 21.3. The number of likely N-dealkylation sites (tertiary alicyclic amines) is 1. The number of nitrogens with zero attached hydrogens (tertiary/aromatic N) is 2. The van der Waals surface area contributed by atoms with Gasteiger partial charge in [-0.3, -0.25) is 9.59 Å². The average molecular weight is 408 g/mol. The Morgan fingerprint density at radius 1 is 1.03 bits per heavy atom. The molecule has 1 aliphatic rings. The van der Waals surface area contributed by atoms with Gasteiger partial charge < -0.3 is 15.1 Å². The highest BCUT2D eigenvalue weighted by atomic mass is 16.1. The highest BCUT2D eigenvalue weighted by Crippen LogP contribution is 2.19. The molecule has 0 atom stereocenters. The molecule has 1 amide bonds. The largest absolute Gasteiger partial charge is 0.326 e. The summed E-state index contributed by atoms with van der Waals surface area (Å²) in [5.74, 6) is 0.779. The molecule has 0 radical (unpaired) electrons. The van der Waals surface area contributed by atoms with Crippen LogP contribution in [0.1, 0.15) is 42.1 Å². The lowest BCUT2D eigenvalue weighted by Gasteiger charge is -2.33. The van der Waals surface area contributed by atoms with E-state index < -0.39 is 0 Å². The Hall–Kier alpha value is -2.50. The van der Waals surface area contributed by atoms with Crippen LogP contribution in [0.25, 0.3) is 0 Å². The van der Waals surface area contributed by atoms with Gasteiger partial charge in [0.05, 0.1) is 0 Å². The number of carbonyl (C=O) groups is 2. The molecule has 1 heterocycles. The predicted molar refractivity (Wildman–Crippen MR) is 122 cm³/mol. The number of ketones is 1. The van der Waals surface area contributed by atoms with E-state index in [1.807, 2.05) is 0 Å². The second-order valence-electron chi connectivity index (χ2n) is 8.40. The Morgan fingerprint density at radius 3 is 2.33 bits per heavy atom. The van der Waals surface area contributed by atoms with E-state index in [0.717, 1.165) is 44.3 Å². The number of hydrogen-bond donors (Lipinski definition) is 1. The van der Waals surface area contributed by atoms with Crippen molar-refractivity contribution in [1.82, 2.24) is 9.80 Å². The van der Waals surface area contributed by atoms with Crippen LogP contribution in [-0.2, 0) is 11.3 Å². The molecule has 1 saturated heterocycles. The Kier molecular flexibility index (Phi) is 8.17. The highest BCUT2D eigenvalue weighted by molar-refractivity contribution is 5.95. The van der Waals surface area contributed by atoms with Crippen LogP contribution in [-0.4, -0.2) is 54.7 Å². The van der Waals surface area contributed by atoms with Crippen LogP contribution in [0.4, 0.5) is 5.69 Å². The van der Waals surface area contributed by atoms with Crippen LogP contribution < -0.4 is 5.32 Å². The van der Waals surface area contributed by atoms with Gasteiger partial charge in [0, 0.05) is 37.3 Å². The number of piperidine rings is 1. The standard InChI is InChI=1S/C25H33N3O2/c1-20(29)23-8-10-24(11-9-23)26-25(30)14-17-28-15-12-22(13-16-28)19-27(2)18-21-6-4-3-5-7-21/h3-11,22H,12-19H2,1-2H3,(H,26,30). The number of amides is 1. The number of benzene rings is 2. The number of nitrogens with one attached hydrogen (secondary N) is 1.